The predicted molar refractivity (Wildman–Crippen MR) is 141 cm³/mol. The molecule has 0 spiro atoms. The number of hydrogen-bond donors (Lipinski definition) is 1. The number of carbonyl (C=O) groups excluding carboxylic acids is 1. The summed E-state index contributed by atoms with van der Waals surface area (Å²) < 4.78 is 8.57. The second-order valence-corrected chi connectivity index (χ2v) is 9.08. The minimum Gasteiger partial charge on any atom is -0.497 e. The fourth-order valence-corrected chi connectivity index (χ4v) is 4.55. The van der Waals surface area contributed by atoms with Gasteiger partial charge in [-0.1, -0.05) is 41.4 Å². The maximum Gasteiger partial charge on any atom is 0.246 e. The third-order valence-electron chi connectivity index (χ3n) is 5.77. The van der Waals surface area contributed by atoms with Crippen molar-refractivity contribution < 1.29 is 9.53 Å². The Kier molecular flexibility index (Phi) is 6.63. The van der Waals surface area contributed by atoms with Crippen LogP contribution in [-0.2, 0) is 17.9 Å². The van der Waals surface area contributed by atoms with Gasteiger partial charge in [0.25, 0.3) is 0 Å². The zero-order valence-corrected chi connectivity index (χ0v) is 21.1. The Hall–Kier alpha value is -3.88. The number of carbonyl (C=O) groups is 1. The molecule has 0 atom stereocenters. The predicted octanol–water partition coefficient (Wildman–Crippen LogP) is 5.61. The zero-order valence-electron chi connectivity index (χ0n) is 19.6. The number of fused-ring (bicyclic) bond motifs is 1. The molecule has 3 heterocycles. The third kappa shape index (κ3) is 4.91. The molecule has 0 unspecified atom stereocenters. The number of methoxy groups -OCH3 is 1. The summed E-state index contributed by atoms with van der Waals surface area (Å²) in [4.78, 5) is 17.3. The highest BCUT2D eigenvalue weighted by atomic mass is 35.5. The van der Waals surface area contributed by atoms with Crippen LogP contribution in [0.2, 0.25) is 10.0 Å². The summed E-state index contributed by atoms with van der Waals surface area (Å²) in [5, 5.41) is 13.8. The van der Waals surface area contributed by atoms with E-state index in [4.69, 9.17) is 27.9 Å². The minimum atomic E-state index is -0.236. The van der Waals surface area contributed by atoms with Crippen LogP contribution in [0.15, 0.2) is 67.1 Å². The number of nitrogens with one attached hydrogen (secondary N) is 1. The van der Waals surface area contributed by atoms with Crippen molar-refractivity contribution in [1.29, 1.82) is 0 Å². The second kappa shape index (κ2) is 10.0. The van der Waals surface area contributed by atoms with Gasteiger partial charge in [-0.05, 0) is 53.9 Å². The number of halogens is 2. The van der Waals surface area contributed by atoms with Crippen LogP contribution in [-0.4, -0.2) is 37.6 Å². The molecule has 5 rings (SSSR count). The lowest BCUT2D eigenvalue weighted by Gasteiger charge is -2.07. The quantitative estimate of drug-likeness (QED) is 0.301. The van der Waals surface area contributed by atoms with E-state index in [0.717, 1.165) is 33.5 Å². The number of aromatic nitrogens is 5. The smallest absolute Gasteiger partial charge is 0.246 e. The average Bonchev–Trinajstić information content (AvgIpc) is 3.44. The first-order chi connectivity index (χ1) is 17.4. The van der Waals surface area contributed by atoms with Gasteiger partial charge in [0.15, 0.2) is 5.65 Å². The Bertz CT molecular complexity index is 1560. The molecule has 3 aromatic heterocycles. The van der Waals surface area contributed by atoms with Crippen molar-refractivity contribution in [2.24, 2.45) is 0 Å². The standard InChI is InChI=1S/C26H22Cl2N6O2/c1-16-25-22(17-4-7-21(36-2)8-5-17)9-10-29-26(25)34(32-16)15-24(35)31-20-12-30-33(14-20)13-18-3-6-19(27)11-23(18)28/h3-12,14H,13,15H2,1-2H3,(H,31,35). The van der Waals surface area contributed by atoms with Crippen LogP contribution in [0.5, 0.6) is 5.75 Å². The first-order valence-corrected chi connectivity index (χ1v) is 11.9. The summed E-state index contributed by atoms with van der Waals surface area (Å²) in [7, 11) is 1.64. The van der Waals surface area contributed by atoms with Gasteiger partial charge in [-0.2, -0.15) is 10.2 Å². The molecule has 8 nitrogen and oxygen atoms in total. The van der Waals surface area contributed by atoms with Gasteiger partial charge in [-0.25, -0.2) is 9.67 Å². The van der Waals surface area contributed by atoms with Crippen LogP contribution in [0.3, 0.4) is 0 Å². The molecular formula is C26H22Cl2N6O2. The zero-order chi connectivity index (χ0) is 25.2. The summed E-state index contributed by atoms with van der Waals surface area (Å²) in [5.74, 6) is 0.549. The molecule has 0 aliphatic heterocycles. The van der Waals surface area contributed by atoms with E-state index in [1.807, 2.05) is 43.3 Å². The van der Waals surface area contributed by atoms with Gasteiger partial charge in [-0.15, -0.1) is 0 Å². The van der Waals surface area contributed by atoms with Crippen molar-refractivity contribution in [1.82, 2.24) is 24.5 Å². The van der Waals surface area contributed by atoms with E-state index in [1.54, 1.807) is 47.2 Å². The van der Waals surface area contributed by atoms with Crippen molar-refractivity contribution in [3.63, 3.8) is 0 Å². The summed E-state index contributed by atoms with van der Waals surface area (Å²) in [6.45, 7) is 2.38. The maximum absolute atomic E-state index is 12.8. The molecule has 10 heteroatoms. The lowest BCUT2D eigenvalue weighted by molar-refractivity contribution is -0.116. The summed E-state index contributed by atoms with van der Waals surface area (Å²) in [6, 6.07) is 15.1. The number of benzene rings is 2. The van der Waals surface area contributed by atoms with E-state index >= 15 is 0 Å². The Morgan fingerprint density at radius 1 is 1.11 bits per heavy atom. The van der Waals surface area contributed by atoms with Gasteiger partial charge >= 0.3 is 0 Å². The van der Waals surface area contributed by atoms with E-state index in [-0.39, 0.29) is 12.5 Å². The largest absolute Gasteiger partial charge is 0.497 e. The van der Waals surface area contributed by atoms with Crippen LogP contribution in [0, 0.1) is 6.92 Å². The topological polar surface area (TPSA) is 86.9 Å². The molecular weight excluding hydrogens is 499 g/mol. The molecule has 0 fully saturated rings. The van der Waals surface area contributed by atoms with E-state index in [9.17, 15) is 4.79 Å². The fourth-order valence-electron chi connectivity index (χ4n) is 4.08. The van der Waals surface area contributed by atoms with Gasteiger partial charge in [0.2, 0.25) is 5.91 Å². The number of rotatable bonds is 7. The summed E-state index contributed by atoms with van der Waals surface area (Å²) in [5.41, 5.74) is 4.90. The number of ether oxygens (including phenoxy) is 1. The van der Waals surface area contributed by atoms with E-state index in [2.05, 4.69) is 20.5 Å². The molecule has 5 aromatic rings. The molecule has 1 N–H and O–H groups in total. The summed E-state index contributed by atoms with van der Waals surface area (Å²) in [6.07, 6.45) is 5.06. The molecule has 0 radical (unpaired) electrons. The van der Waals surface area contributed by atoms with Gasteiger partial charge < -0.3 is 10.1 Å². The Labute approximate surface area is 217 Å². The third-order valence-corrected chi connectivity index (χ3v) is 6.35. The number of hydrogen-bond acceptors (Lipinski definition) is 5. The first kappa shape index (κ1) is 23.8. The fraction of sp³-hybridized carbons (Fsp3) is 0.154. The second-order valence-electron chi connectivity index (χ2n) is 8.24. The highest BCUT2D eigenvalue weighted by molar-refractivity contribution is 6.35. The minimum absolute atomic E-state index is 0.0115. The van der Waals surface area contributed by atoms with Crippen LogP contribution in [0.4, 0.5) is 5.69 Å². The average molecular weight is 521 g/mol. The van der Waals surface area contributed by atoms with E-state index < -0.39 is 0 Å². The van der Waals surface area contributed by atoms with E-state index in [0.29, 0.717) is 27.9 Å². The Morgan fingerprint density at radius 3 is 2.67 bits per heavy atom. The van der Waals surface area contributed by atoms with Crippen LogP contribution in [0.25, 0.3) is 22.2 Å². The van der Waals surface area contributed by atoms with Crippen molar-refractivity contribution in [3.8, 4) is 16.9 Å². The highest BCUT2D eigenvalue weighted by Crippen LogP contribution is 2.31. The molecule has 2 aromatic carbocycles. The van der Waals surface area contributed by atoms with Crippen LogP contribution >= 0.6 is 23.2 Å². The van der Waals surface area contributed by atoms with Crippen molar-refractivity contribution in [2.45, 2.75) is 20.0 Å². The number of amides is 1. The van der Waals surface area contributed by atoms with Gasteiger partial charge in [0.1, 0.15) is 12.3 Å². The maximum atomic E-state index is 12.8. The van der Waals surface area contributed by atoms with Gasteiger partial charge in [0, 0.05) is 27.8 Å². The number of aryl methyl sites for hydroxylation is 1. The molecule has 36 heavy (non-hydrogen) atoms. The molecule has 0 aliphatic rings. The molecule has 1 amide bonds. The molecule has 0 bridgehead atoms. The van der Waals surface area contributed by atoms with E-state index in [1.165, 1.54) is 0 Å². The Balaban J connectivity index is 1.32. The summed E-state index contributed by atoms with van der Waals surface area (Å²) >= 11 is 12.2. The van der Waals surface area contributed by atoms with Crippen LogP contribution < -0.4 is 10.1 Å². The lowest BCUT2D eigenvalue weighted by Crippen LogP contribution is -2.19. The lowest BCUT2D eigenvalue weighted by atomic mass is 10.0. The SMILES string of the molecule is COc1ccc(-c2ccnc3c2c(C)nn3CC(=O)Nc2cnn(Cc3ccc(Cl)cc3Cl)c2)cc1. The Morgan fingerprint density at radius 2 is 1.92 bits per heavy atom. The monoisotopic (exact) mass is 520 g/mol. The highest BCUT2D eigenvalue weighted by Gasteiger charge is 2.16. The van der Waals surface area contributed by atoms with Crippen molar-refractivity contribution in [2.75, 3.05) is 12.4 Å². The van der Waals surface area contributed by atoms with Crippen molar-refractivity contribution in [3.05, 3.63) is 88.4 Å². The molecule has 182 valence electrons. The molecule has 0 saturated carbocycles. The van der Waals surface area contributed by atoms with Crippen molar-refractivity contribution >= 4 is 45.8 Å². The molecule has 0 aliphatic carbocycles. The number of pyridine rings is 1. The normalized spacial score (nSPS) is 11.1. The van der Waals surface area contributed by atoms with Gasteiger partial charge in [-0.3, -0.25) is 9.48 Å². The van der Waals surface area contributed by atoms with Crippen LogP contribution in [0.1, 0.15) is 11.3 Å². The first-order valence-electron chi connectivity index (χ1n) is 11.1. The number of anilines is 1. The number of nitrogens with zero attached hydrogens (tertiary/aromatic N) is 5. The molecule has 0 saturated heterocycles. The van der Waals surface area contributed by atoms with Gasteiger partial charge in [0.05, 0.1) is 31.2 Å².